The van der Waals surface area contributed by atoms with Gasteiger partial charge in [-0.15, -0.1) is 0 Å². The minimum Gasteiger partial charge on any atom is -0.493 e. The number of hydrogen-bond donors (Lipinski definition) is 1. The molecule has 0 amide bonds. The summed E-state index contributed by atoms with van der Waals surface area (Å²) in [6.45, 7) is 3.09. The third kappa shape index (κ3) is 4.24. The van der Waals surface area contributed by atoms with Crippen molar-refractivity contribution in [3.63, 3.8) is 0 Å². The van der Waals surface area contributed by atoms with E-state index in [0.29, 0.717) is 6.04 Å². The van der Waals surface area contributed by atoms with Gasteiger partial charge in [-0.25, -0.2) is 0 Å². The van der Waals surface area contributed by atoms with Crippen molar-refractivity contribution in [1.29, 1.82) is 0 Å². The first-order valence-corrected chi connectivity index (χ1v) is 7.73. The second kappa shape index (κ2) is 7.54. The van der Waals surface area contributed by atoms with E-state index >= 15 is 0 Å². The van der Waals surface area contributed by atoms with Gasteiger partial charge in [-0.3, -0.25) is 0 Å². The molecule has 0 bridgehead atoms. The molecule has 1 fully saturated rings. The molecule has 1 N–H and O–H groups in total. The Morgan fingerprint density at radius 2 is 1.84 bits per heavy atom. The molecule has 0 aliphatic heterocycles. The standard InChI is InChI=1S/C17H27NO/c1-3-17(18-2)15-9-11-16(12-10-15)19-13-14-7-5-4-6-8-14/h9-12,14,17-18H,3-8,13H2,1-2H3. The molecule has 1 aliphatic rings. The first-order chi connectivity index (χ1) is 9.33. The van der Waals surface area contributed by atoms with Gasteiger partial charge in [-0.05, 0) is 49.9 Å². The molecule has 2 rings (SSSR count). The predicted octanol–water partition coefficient (Wildman–Crippen LogP) is 4.32. The van der Waals surface area contributed by atoms with Crippen LogP contribution >= 0.6 is 0 Å². The van der Waals surface area contributed by atoms with Gasteiger partial charge in [0, 0.05) is 6.04 Å². The van der Waals surface area contributed by atoms with Gasteiger partial charge in [0.25, 0.3) is 0 Å². The summed E-state index contributed by atoms with van der Waals surface area (Å²) in [6, 6.07) is 9.03. The highest BCUT2D eigenvalue weighted by Crippen LogP contribution is 2.25. The first-order valence-electron chi connectivity index (χ1n) is 7.73. The van der Waals surface area contributed by atoms with Crippen molar-refractivity contribution in [1.82, 2.24) is 5.32 Å². The lowest BCUT2D eigenvalue weighted by molar-refractivity contribution is 0.209. The number of rotatable bonds is 6. The van der Waals surface area contributed by atoms with Crippen LogP contribution in [0.15, 0.2) is 24.3 Å². The molecule has 1 aliphatic carbocycles. The lowest BCUT2D eigenvalue weighted by Gasteiger charge is -2.22. The average Bonchev–Trinajstić information content (AvgIpc) is 2.49. The van der Waals surface area contributed by atoms with Crippen molar-refractivity contribution in [2.75, 3.05) is 13.7 Å². The second-order valence-corrected chi connectivity index (χ2v) is 5.63. The van der Waals surface area contributed by atoms with Gasteiger partial charge in [0.05, 0.1) is 6.61 Å². The van der Waals surface area contributed by atoms with Crippen LogP contribution in [-0.4, -0.2) is 13.7 Å². The molecule has 0 heterocycles. The molecule has 19 heavy (non-hydrogen) atoms. The Hall–Kier alpha value is -1.02. The summed E-state index contributed by atoms with van der Waals surface area (Å²) in [7, 11) is 2.02. The number of nitrogens with one attached hydrogen (secondary N) is 1. The first kappa shape index (κ1) is 14.4. The normalized spacial score (nSPS) is 18.2. The molecule has 1 saturated carbocycles. The summed E-state index contributed by atoms with van der Waals surface area (Å²) in [4.78, 5) is 0. The molecular formula is C17H27NO. The van der Waals surface area contributed by atoms with Gasteiger partial charge in [0.15, 0.2) is 0 Å². The van der Waals surface area contributed by atoms with Crippen molar-refractivity contribution < 1.29 is 4.74 Å². The summed E-state index contributed by atoms with van der Waals surface area (Å²) in [5.41, 5.74) is 1.34. The van der Waals surface area contributed by atoms with Gasteiger partial charge in [-0.2, -0.15) is 0 Å². The summed E-state index contributed by atoms with van der Waals surface area (Å²) in [5.74, 6) is 1.79. The summed E-state index contributed by atoms with van der Waals surface area (Å²) in [6.07, 6.45) is 7.97. The van der Waals surface area contributed by atoms with Gasteiger partial charge < -0.3 is 10.1 Å². The topological polar surface area (TPSA) is 21.3 Å². The van der Waals surface area contributed by atoms with E-state index in [0.717, 1.165) is 24.7 Å². The third-order valence-corrected chi connectivity index (χ3v) is 4.25. The Morgan fingerprint density at radius 1 is 1.16 bits per heavy atom. The molecule has 1 aromatic rings. The van der Waals surface area contributed by atoms with Crippen LogP contribution in [0.25, 0.3) is 0 Å². The van der Waals surface area contributed by atoms with Crippen LogP contribution in [0.2, 0.25) is 0 Å². The van der Waals surface area contributed by atoms with E-state index in [1.807, 2.05) is 7.05 Å². The molecule has 2 heteroatoms. The van der Waals surface area contributed by atoms with E-state index in [1.165, 1.54) is 37.7 Å². The quantitative estimate of drug-likeness (QED) is 0.823. The van der Waals surface area contributed by atoms with Crippen LogP contribution in [0.3, 0.4) is 0 Å². The van der Waals surface area contributed by atoms with Crippen LogP contribution in [-0.2, 0) is 0 Å². The molecule has 1 aromatic carbocycles. The van der Waals surface area contributed by atoms with Gasteiger partial charge in [0.1, 0.15) is 5.75 Å². The molecule has 106 valence electrons. The maximum absolute atomic E-state index is 5.93. The predicted molar refractivity (Wildman–Crippen MR) is 80.6 cm³/mol. The van der Waals surface area contributed by atoms with Gasteiger partial charge >= 0.3 is 0 Å². The smallest absolute Gasteiger partial charge is 0.119 e. The lowest BCUT2D eigenvalue weighted by atomic mass is 9.90. The molecule has 1 atom stereocenters. The van der Waals surface area contributed by atoms with Crippen LogP contribution < -0.4 is 10.1 Å². The number of benzene rings is 1. The van der Waals surface area contributed by atoms with Crippen molar-refractivity contribution in [3.05, 3.63) is 29.8 Å². The molecule has 0 aromatic heterocycles. The zero-order valence-electron chi connectivity index (χ0n) is 12.3. The fraction of sp³-hybridized carbons (Fsp3) is 0.647. The summed E-state index contributed by atoms with van der Waals surface area (Å²) >= 11 is 0. The molecular weight excluding hydrogens is 234 g/mol. The fourth-order valence-electron chi connectivity index (χ4n) is 2.97. The average molecular weight is 261 g/mol. The van der Waals surface area contributed by atoms with E-state index in [9.17, 15) is 0 Å². The molecule has 2 nitrogen and oxygen atoms in total. The van der Waals surface area contributed by atoms with Gasteiger partial charge in [0.2, 0.25) is 0 Å². The van der Waals surface area contributed by atoms with Crippen molar-refractivity contribution in [3.8, 4) is 5.75 Å². The Bertz CT molecular complexity index is 350. The van der Waals surface area contributed by atoms with Crippen LogP contribution in [0.5, 0.6) is 5.75 Å². The van der Waals surface area contributed by atoms with Gasteiger partial charge in [-0.1, -0.05) is 38.3 Å². The third-order valence-electron chi connectivity index (χ3n) is 4.25. The number of hydrogen-bond acceptors (Lipinski definition) is 2. The van der Waals surface area contributed by atoms with E-state index in [1.54, 1.807) is 0 Å². The van der Waals surface area contributed by atoms with Crippen molar-refractivity contribution >= 4 is 0 Å². The Morgan fingerprint density at radius 3 is 2.42 bits per heavy atom. The maximum atomic E-state index is 5.93. The fourth-order valence-corrected chi connectivity index (χ4v) is 2.97. The number of ether oxygens (including phenoxy) is 1. The van der Waals surface area contributed by atoms with Crippen LogP contribution in [0, 0.1) is 5.92 Å². The lowest BCUT2D eigenvalue weighted by Crippen LogP contribution is -2.16. The highest BCUT2D eigenvalue weighted by molar-refractivity contribution is 5.29. The summed E-state index contributed by atoms with van der Waals surface area (Å²) < 4.78 is 5.93. The van der Waals surface area contributed by atoms with E-state index in [-0.39, 0.29) is 0 Å². The minimum absolute atomic E-state index is 0.451. The van der Waals surface area contributed by atoms with Crippen LogP contribution in [0.1, 0.15) is 57.1 Å². The zero-order chi connectivity index (χ0) is 13.5. The second-order valence-electron chi connectivity index (χ2n) is 5.63. The molecule has 0 spiro atoms. The largest absolute Gasteiger partial charge is 0.493 e. The molecule has 0 radical (unpaired) electrons. The van der Waals surface area contributed by atoms with E-state index in [4.69, 9.17) is 4.74 Å². The maximum Gasteiger partial charge on any atom is 0.119 e. The van der Waals surface area contributed by atoms with E-state index < -0.39 is 0 Å². The SMILES string of the molecule is CCC(NC)c1ccc(OCC2CCCCC2)cc1. The van der Waals surface area contributed by atoms with Crippen LogP contribution in [0.4, 0.5) is 0 Å². The molecule has 1 unspecified atom stereocenters. The van der Waals surface area contributed by atoms with Crippen molar-refractivity contribution in [2.24, 2.45) is 5.92 Å². The zero-order valence-corrected chi connectivity index (χ0v) is 12.3. The molecule has 0 saturated heterocycles. The summed E-state index contributed by atoms with van der Waals surface area (Å²) in [5, 5.41) is 3.33. The Kier molecular flexibility index (Phi) is 5.71. The van der Waals surface area contributed by atoms with Crippen molar-refractivity contribution in [2.45, 2.75) is 51.5 Å². The minimum atomic E-state index is 0.451. The Labute approximate surface area is 117 Å². The monoisotopic (exact) mass is 261 g/mol. The highest BCUT2D eigenvalue weighted by atomic mass is 16.5. The van der Waals surface area contributed by atoms with E-state index in [2.05, 4.69) is 36.5 Å². The Balaban J connectivity index is 1.84. The highest BCUT2D eigenvalue weighted by Gasteiger charge is 2.14.